The van der Waals surface area contributed by atoms with E-state index in [-0.39, 0.29) is 0 Å². The van der Waals surface area contributed by atoms with Crippen molar-refractivity contribution in [2.24, 2.45) is 5.90 Å². The Morgan fingerprint density at radius 3 is 1.85 bits per heavy atom. The molecule has 3 nitrogen and oxygen atoms in total. The lowest BCUT2D eigenvalue weighted by atomic mass is 9.92. The fourth-order valence-corrected chi connectivity index (χ4v) is 2.37. The smallest absolute Gasteiger partial charge is 0.0788 e. The molecule has 0 aromatic carbocycles. The summed E-state index contributed by atoms with van der Waals surface area (Å²) >= 11 is 0. The number of nitrogens with two attached hydrogens (primary N) is 1. The maximum absolute atomic E-state index is 5.18. The maximum atomic E-state index is 5.18. The minimum absolute atomic E-state index is 0.323. The van der Waals surface area contributed by atoms with Crippen LogP contribution in [0, 0.1) is 0 Å². The van der Waals surface area contributed by atoms with Crippen molar-refractivity contribution in [2.75, 3.05) is 7.05 Å². The molecule has 0 aromatic heterocycles. The van der Waals surface area contributed by atoms with Crippen LogP contribution in [0.15, 0.2) is 0 Å². The quantitative estimate of drug-likeness (QED) is 0.672. The summed E-state index contributed by atoms with van der Waals surface area (Å²) in [4.78, 5) is 7.44. The summed E-state index contributed by atoms with van der Waals surface area (Å²) in [6.07, 6.45) is 7.93. The van der Waals surface area contributed by atoms with Gasteiger partial charge in [0.1, 0.15) is 0 Å². The third-order valence-corrected chi connectivity index (χ3v) is 3.53. The molecule has 2 fully saturated rings. The van der Waals surface area contributed by atoms with E-state index in [0.717, 1.165) is 24.9 Å². The first-order chi connectivity index (χ1) is 6.31. The third-order valence-electron chi connectivity index (χ3n) is 3.53. The SMILES string of the molecule is CN(C1CCC(ON)CC1)C1CC1. The highest BCUT2D eigenvalue weighted by Gasteiger charge is 2.33. The van der Waals surface area contributed by atoms with E-state index in [2.05, 4.69) is 11.9 Å². The highest BCUT2D eigenvalue weighted by Crippen LogP contribution is 2.32. The molecule has 0 heterocycles. The van der Waals surface area contributed by atoms with Gasteiger partial charge in [0.2, 0.25) is 0 Å². The van der Waals surface area contributed by atoms with Crippen LogP contribution >= 0.6 is 0 Å². The summed E-state index contributed by atoms with van der Waals surface area (Å²) in [5.74, 6) is 5.18. The Hall–Kier alpha value is -0.120. The Labute approximate surface area is 80.2 Å². The van der Waals surface area contributed by atoms with Gasteiger partial charge in [-0.2, -0.15) is 0 Å². The summed E-state index contributed by atoms with van der Waals surface area (Å²) < 4.78 is 0. The Morgan fingerprint density at radius 2 is 1.46 bits per heavy atom. The van der Waals surface area contributed by atoms with Crippen LogP contribution < -0.4 is 5.90 Å². The van der Waals surface area contributed by atoms with E-state index < -0.39 is 0 Å². The standard InChI is InChI=1S/C10H20N2O/c1-12(8-2-3-8)9-4-6-10(13-11)7-5-9/h8-10H,2-7,11H2,1H3. The minimum atomic E-state index is 0.323. The van der Waals surface area contributed by atoms with Gasteiger partial charge in [-0.3, -0.25) is 0 Å². The molecule has 0 saturated heterocycles. The summed E-state index contributed by atoms with van der Waals surface area (Å²) in [7, 11) is 2.27. The molecule has 0 unspecified atom stereocenters. The van der Waals surface area contributed by atoms with Crippen LogP contribution in [-0.2, 0) is 4.84 Å². The zero-order valence-corrected chi connectivity index (χ0v) is 8.41. The second kappa shape index (κ2) is 3.95. The van der Waals surface area contributed by atoms with Gasteiger partial charge < -0.3 is 9.74 Å². The van der Waals surface area contributed by atoms with Crippen LogP contribution in [0.2, 0.25) is 0 Å². The van der Waals surface area contributed by atoms with Crippen molar-refractivity contribution in [3.8, 4) is 0 Å². The van der Waals surface area contributed by atoms with E-state index in [1.54, 1.807) is 0 Å². The van der Waals surface area contributed by atoms with E-state index >= 15 is 0 Å². The second-order valence-corrected chi connectivity index (χ2v) is 4.46. The van der Waals surface area contributed by atoms with Crippen LogP contribution in [0.4, 0.5) is 0 Å². The average Bonchev–Trinajstić information content (AvgIpc) is 3.00. The summed E-state index contributed by atoms with van der Waals surface area (Å²) in [5.41, 5.74) is 0. The Morgan fingerprint density at radius 1 is 1.00 bits per heavy atom. The molecule has 2 aliphatic rings. The van der Waals surface area contributed by atoms with E-state index in [9.17, 15) is 0 Å². The lowest BCUT2D eigenvalue weighted by Gasteiger charge is -2.33. The van der Waals surface area contributed by atoms with Gasteiger partial charge in [-0.05, 0) is 45.6 Å². The topological polar surface area (TPSA) is 38.5 Å². The minimum Gasteiger partial charge on any atom is -0.301 e. The summed E-state index contributed by atoms with van der Waals surface area (Å²) in [5, 5.41) is 0. The van der Waals surface area contributed by atoms with Crippen molar-refractivity contribution in [3.05, 3.63) is 0 Å². The summed E-state index contributed by atoms with van der Waals surface area (Å²) in [6.45, 7) is 0. The molecule has 2 aliphatic carbocycles. The lowest BCUT2D eigenvalue weighted by Crippen LogP contribution is -2.38. The maximum Gasteiger partial charge on any atom is 0.0788 e. The number of hydrogen-bond acceptors (Lipinski definition) is 3. The lowest BCUT2D eigenvalue weighted by molar-refractivity contribution is 0.00867. The van der Waals surface area contributed by atoms with E-state index in [0.29, 0.717) is 6.10 Å². The van der Waals surface area contributed by atoms with E-state index in [4.69, 9.17) is 10.7 Å². The van der Waals surface area contributed by atoms with Crippen LogP contribution in [0.25, 0.3) is 0 Å². The van der Waals surface area contributed by atoms with E-state index in [1.165, 1.54) is 25.7 Å². The van der Waals surface area contributed by atoms with E-state index in [1.807, 2.05) is 0 Å². The molecular weight excluding hydrogens is 164 g/mol. The van der Waals surface area contributed by atoms with Crippen LogP contribution in [0.1, 0.15) is 38.5 Å². The molecule has 0 amide bonds. The predicted octanol–water partition coefficient (Wildman–Crippen LogP) is 1.28. The van der Waals surface area contributed by atoms with Gasteiger partial charge in [0.05, 0.1) is 6.10 Å². The molecule has 2 N–H and O–H groups in total. The molecule has 76 valence electrons. The largest absolute Gasteiger partial charge is 0.301 e. The van der Waals surface area contributed by atoms with Gasteiger partial charge in [0.15, 0.2) is 0 Å². The second-order valence-electron chi connectivity index (χ2n) is 4.46. The first kappa shape index (κ1) is 9.44. The van der Waals surface area contributed by atoms with Crippen molar-refractivity contribution < 1.29 is 4.84 Å². The number of nitrogens with zero attached hydrogens (tertiary/aromatic N) is 1. The zero-order valence-electron chi connectivity index (χ0n) is 8.41. The highest BCUT2D eigenvalue weighted by atomic mass is 16.6. The molecule has 0 aromatic rings. The average molecular weight is 184 g/mol. The van der Waals surface area contributed by atoms with Crippen molar-refractivity contribution in [3.63, 3.8) is 0 Å². The molecule has 13 heavy (non-hydrogen) atoms. The first-order valence-electron chi connectivity index (χ1n) is 5.38. The molecule has 3 heteroatoms. The fourth-order valence-electron chi connectivity index (χ4n) is 2.37. The number of rotatable bonds is 3. The van der Waals surface area contributed by atoms with Crippen LogP contribution in [0.3, 0.4) is 0 Å². The van der Waals surface area contributed by atoms with Gasteiger partial charge in [-0.25, -0.2) is 5.90 Å². The predicted molar refractivity (Wildman–Crippen MR) is 52.1 cm³/mol. The molecule has 2 saturated carbocycles. The van der Waals surface area contributed by atoms with Crippen molar-refractivity contribution in [1.82, 2.24) is 4.90 Å². The van der Waals surface area contributed by atoms with Crippen molar-refractivity contribution in [1.29, 1.82) is 0 Å². The molecule has 0 atom stereocenters. The highest BCUT2D eigenvalue weighted by molar-refractivity contribution is 4.88. The van der Waals surface area contributed by atoms with Gasteiger partial charge in [-0.15, -0.1) is 0 Å². The van der Waals surface area contributed by atoms with Gasteiger partial charge in [0, 0.05) is 12.1 Å². The zero-order chi connectivity index (χ0) is 9.26. The van der Waals surface area contributed by atoms with Crippen LogP contribution in [0.5, 0.6) is 0 Å². The van der Waals surface area contributed by atoms with Gasteiger partial charge >= 0.3 is 0 Å². The Bertz CT molecular complexity index is 162. The Kier molecular flexibility index (Phi) is 2.86. The molecule has 0 aliphatic heterocycles. The van der Waals surface area contributed by atoms with Gasteiger partial charge in [0.25, 0.3) is 0 Å². The van der Waals surface area contributed by atoms with Crippen molar-refractivity contribution >= 4 is 0 Å². The monoisotopic (exact) mass is 184 g/mol. The molecule has 2 rings (SSSR count). The molecule has 0 radical (unpaired) electrons. The first-order valence-corrected chi connectivity index (χ1v) is 5.38. The summed E-state index contributed by atoms with van der Waals surface area (Å²) in [6, 6.07) is 1.68. The molecular formula is C10H20N2O. The fraction of sp³-hybridized carbons (Fsp3) is 1.00. The molecule has 0 bridgehead atoms. The Balaban J connectivity index is 1.76. The normalized spacial score (nSPS) is 35.3. The van der Waals surface area contributed by atoms with Crippen molar-refractivity contribution in [2.45, 2.75) is 56.7 Å². The molecule has 0 spiro atoms. The van der Waals surface area contributed by atoms with Gasteiger partial charge in [-0.1, -0.05) is 0 Å². The number of hydrogen-bond donors (Lipinski definition) is 1. The van der Waals surface area contributed by atoms with Crippen LogP contribution in [-0.4, -0.2) is 30.1 Å². The third kappa shape index (κ3) is 2.22.